The molecule has 9 heteroatoms. The number of ether oxygens (including phenoxy) is 3. The van der Waals surface area contributed by atoms with Gasteiger partial charge in [0.15, 0.2) is 11.5 Å². The maximum absolute atomic E-state index is 12.4. The average molecular weight is 423 g/mol. The summed E-state index contributed by atoms with van der Waals surface area (Å²) in [6, 6.07) is 11.3. The number of sulfonamides is 1. The largest absolute Gasteiger partial charge is 0.494 e. The van der Waals surface area contributed by atoms with Gasteiger partial charge in [-0.3, -0.25) is 4.79 Å². The highest BCUT2D eigenvalue weighted by molar-refractivity contribution is 7.89. The quantitative estimate of drug-likeness (QED) is 0.577. The third-order valence-corrected chi connectivity index (χ3v) is 5.36. The first-order chi connectivity index (χ1) is 13.9. The van der Waals surface area contributed by atoms with Crippen molar-refractivity contribution in [2.24, 2.45) is 0 Å². The Bertz CT molecular complexity index is 930. The summed E-state index contributed by atoms with van der Waals surface area (Å²) < 4.78 is 43.0. The Balaban J connectivity index is 1.91. The average Bonchev–Trinajstić information content (AvgIpc) is 2.71. The number of carbonyl (C=O) groups excluding carboxylic acids is 1. The molecule has 0 saturated carbocycles. The fraction of sp³-hybridized carbons (Fsp3) is 0.350. The lowest BCUT2D eigenvalue weighted by Crippen LogP contribution is -2.27. The monoisotopic (exact) mass is 422 g/mol. The van der Waals surface area contributed by atoms with Gasteiger partial charge in [0.05, 0.1) is 25.7 Å². The van der Waals surface area contributed by atoms with Gasteiger partial charge in [-0.05, 0) is 30.7 Å². The Morgan fingerprint density at radius 2 is 1.79 bits per heavy atom. The van der Waals surface area contributed by atoms with Crippen LogP contribution < -0.4 is 24.2 Å². The predicted molar refractivity (Wildman–Crippen MR) is 110 cm³/mol. The van der Waals surface area contributed by atoms with Crippen molar-refractivity contribution in [3.05, 3.63) is 42.5 Å². The number of hydrogen-bond donors (Lipinski definition) is 2. The molecule has 0 unspecified atom stereocenters. The molecule has 0 spiro atoms. The molecule has 158 valence electrons. The number of benzene rings is 2. The van der Waals surface area contributed by atoms with E-state index in [1.165, 1.54) is 32.4 Å². The van der Waals surface area contributed by atoms with E-state index in [2.05, 4.69) is 10.0 Å². The zero-order valence-corrected chi connectivity index (χ0v) is 17.5. The molecule has 2 rings (SSSR count). The van der Waals surface area contributed by atoms with Crippen LogP contribution in [-0.2, 0) is 14.8 Å². The number of anilines is 1. The van der Waals surface area contributed by atoms with Gasteiger partial charge in [0.2, 0.25) is 15.9 Å². The lowest BCUT2D eigenvalue weighted by Gasteiger charge is -2.11. The Morgan fingerprint density at radius 3 is 2.48 bits per heavy atom. The third kappa shape index (κ3) is 6.65. The van der Waals surface area contributed by atoms with Crippen LogP contribution in [0.1, 0.15) is 19.8 Å². The summed E-state index contributed by atoms with van der Waals surface area (Å²) in [5.41, 5.74) is 0.589. The molecule has 0 atom stereocenters. The first-order valence-corrected chi connectivity index (χ1v) is 10.6. The van der Waals surface area contributed by atoms with Gasteiger partial charge in [0.1, 0.15) is 5.75 Å². The van der Waals surface area contributed by atoms with Crippen molar-refractivity contribution in [3.8, 4) is 17.2 Å². The van der Waals surface area contributed by atoms with E-state index in [0.29, 0.717) is 29.5 Å². The van der Waals surface area contributed by atoms with Crippen LogP contribution in [0.5, 0.6) is 17.2 Å². The van der Waals surface area contributed by atoms with Gasteiger partial charge in [-0.25, -0.2) is 13.1 Å². The Kier molecular flexibility index (Phi) is 8.29. The normalized spacial score (nSPS) is 11.0. The van der Waals surface area contributed by atoms with E-state index >= 15 is 0 Å². The summed E-state index contributed by atoms with van der Waals surface area (Å²) in [4.78, 5) is 12.1. The third-order valence-electron chi connectivity index (χ3n) is 3.90. The molecule has 2 aromatic carbocycles. The number of amides is 1. The van der Waals surface area contributed by atoms with Crippen molar-refractivity contribution in [2.75, 3.05) is 32.7 Å². The molecule has 2 N–H and O–H groups in total. The zero-order valence-electron chi connectivity index (χ0n) is 16.7. The summed E-state index contributed by atoms with van der Waals surface area (Å²) in [5.74, 6) is 1.08. The molecule has 0 aliphatic rings. The fourth-order valence-electron chi connectivity index (χ4n) is 2.47. The first-order valence-electron chi connectivity index (χ1n) is 9.14. The number of carbonyl (C=O) groups is 1. The zero-order chi connectivity index (χ0) is 21.3. The Morgan fingerprint density at radius 1 is 1.03 bits per heavy atom. The molecule has 0 saturated heterocycles. The highest BCUT2D eigenvalue weighted by atomic mass is 32.2. The number of methoxy groups -OCH3 is 2. The van der Waals surface area contributed by atoms with E-state index in [4.69, 9.17) is 14.2 Å². The van der Waals surface area contributed by atoms with Gasteiger partial charge in [-0.2, -0.15) is 0 Å². The molecule has 8 nitrogen and oxygen atoms in total. The van der Waals surface area contributed by atoms with Crippen LogP contribution in [0, 0.1) is 0 Å². The van der Waals surface area contributed by atoms with Crippen LogP contribution >= 0.6 is 0 Å². The molecule has 0 aromatic heterocycles. The fourth-order valence-corrected chi connectivity index (χ4v) is 3.52. The van der Waals surface area contributed by atoms with Crippen molar-refractivity contribution < 1.29 is 27.4 Å². The summed E-state index contributed by atoms with van der Waals surface area (Å²) in [7, 11) is -0.897. The predicted octanol–water partition coefficient (Wildman–Crippen LogP) is 2.80. The molecular formula is C20H26N2O6S. The molecule has 0 fully saturated rings. The van der Waals surface area contributed by atoms with E-state index in [9.17, 15) is 13.2 Å². The van der Waals surface area contributed by atoms with Crippen molar-refractivity contribution in [1.82, 2.24) is 4.72 Å². The van der Waals surface area contributed by atoms with E-state index < -0.39 is 10.0 Å². The van der Waals surface area contributed by atoms with Crippen LogP contribution in [-0.4, -0.2) is 41.7 Å². The lowest BCUT2D eigenvalue weighted by molar-refractivity contribution is -0.116. The topological polar surface area (TPSA) is 103 Å². The van der Waals surface area contributed by atoms with Crippen molar-refractivity contribution in [1.29, 1.82) is 0 Å². The molecule has 0 bridgehead atoms. The van der Waals surface area contributed by atoms with Crippen LogP contribution in [0.15, 0.2) is 47.4 Å². The minimum atomic E-state index is -3.79. The molecule has 0 aliphatic heterocycles. The smallest absolute Gasteiger partial charge is 0.240 e. The maximum Gasteiger partial charge on any atom is 0.240 e. The van der Waals surface area contributed by atoms with E-state index in [-0.39, 0.29) is 23.8 Å². The summed E-state index contributed by atoms with van der Waals surface area (Å²) in [6.45, 7) is 2.55. The second-order valence-corrected chi connectivity index (χ2v) is 7.86. The van der Waals surface area contributed by atoms with Crippen molar-refractivity contribution in [2.45, 2.75) is 24.7 Å². The van der Waals surface area contributed by atoms with Crippen LogP contribution in [0.25, 0.3) is 0 Å². The van der Waals surface area contributed by atoms with Crippen LogP contribution in [0.3, 0.4) is 0 Å². The lowest BCUT2D eigenvalue weighted by atomic mass is 10.3. The highest BCUT2D eigenvalue weighted by Crippen LogP contribution is 2.29. The van der Waals surface area contributed by atoms with Gasteiger partial charge >= 0.3 is 0 Å². The van der Waals surface area contributed by atoms with Gasteiger partial charge < -0.3 is 19.5 Å². The van der Waals surface area contributed by atoms with Crippen molar-refractivity contribution >= 4 is 21.6 Å². The van der Waals surface area contributed by atoms with Crippen molar-refractivity contribution in [3.63, 3.8) is 0 Å². The van der Waals surface area contributed by atoms with E-state index in [0.717, 1.165) is 6.42 Å². The van der Waals surface area contributed by atoms with Gasteiger partial charge in [-0.1, -0.05) is 13.0 Å². The summed E-state index contributed by atoms with van der Waals surface area (Å²) in [6.07, 6.45) is 0.864. The minimum absolute atomic E-state index is 0.0213. The Hall–Kier alpha value is -2.78. The Labute approximate surface area is 171 Å². The number of rotatable bonds is 11. The standard InChI is InChI=1S/C20H26N2O6S/c1-4-12-28-16-7-5-6-15(13-16)22-20(23)10-11-21-29(24,25)17-8-9-18(26-2)19(14-17)27-3/h5-9,13-14,21H,4,10-12H2,1-3H3,(H,22,23). The van der Waals surface area contributed by atoms with E-state index in [1.807, 2.05) is 13.0 Å². The molecule has 0 radical (unpaired) electrons. The maximum atomic E-state index is 12.4. The second kappa shape index (κ2) is 10.7. The second-order valence-electron chi connectivity index (χ2n) is 6.09. The molecule has 1 amide bonds. The summed E-state index contributed by atoms with van der Waals surface area (Å²) in [5, 5.41) is 2.73. The number of nitrogens with one attached hydrogen (secondary N) is 2. The molecule has 0 aliphatic carbocycles. The van der Waals surface area contributed by atoms with E-state index in [1.54, 1.807) is 18.2 Å². The highest BCUT2D eigenvalue weighted by Gasteiger charge is 2.17. The molecule has 2 aromatic rings. The molecule has 29 heavy (non-hydrogen) atoms. The van der Waals surface area contributed by atoms with Gasteiger partial charge in [-0.15, -0.1) is 0 Å². The minimum Gasteiger partial charge on any atom is -0.494 e. The van der Waals surface area contributed by atoms with Gasteiger partial charge in [0, 0.05) is 30.8 Å². The van der Waals surface area contributed by atoms with Gasteiger partial charge in [0.25, 0.3) is 0 Å². The SMILES string of the molecule is CCCOc1cccc(NC(=O)CCNS(=O)(=O)c2ccc(OC)c(OC)c2)c1. The van der Waals surface area contributed by atoms with Crippen LogP contribution in [0.2, 0.25) is 0 Å². The molecule has 0 heterocycles. The summed E-state index contributed by atoms with van der Waals surface area (Å²) >= 11 is 0. The van der Waals surface area contributed by atoms with Crippen LogP contribution in [0.4, 0.5) is 5.69 Å². The molecular weight excluding hydrogens is 396 g/mol. The number of hydrogen-bond acceptors (Lipinski definition) is 6. The first kappa shape index (κ1) is 22.5.